The van der Waals surface area contributed by atoms with Crippen LogP contribution >= 0.6 is 0 Å². The normalized spacial score (nSPS) is 16.0. The fourth-order valence-corrected chi connectivity index (χ4v) is 3.02. The summed E-state index contributed by atoms with van der Waals surface area (Å²) in [5.74, 6) is -1.20. The maximum Gasteiger partial charge on any atom is 0.258 e. The van der Waals surface area contributed by atoms with E-state index in [0.717, 1.165) is 5.56 Å². The van der Waals surface area contributed by atoms with Crippen LogP contribution in [0.1, 0.15) is 21.5 Å². The summed E-state index contributed by atoms with van der Waals surface area (Å²) in [7, 11) is 0. The Labute approximate surface area is 143 Å². The van der Waals surface area contributed by atoms with Gasteiger partial charge >= 0.3 is 0 Å². The van der Waals surface area contributed by atoms with Crippen LogP contribution in [-0.2, 0) is 9.59 Å². The number of nitrogens with one attached hydrogen (secondary N) is 2. The van der Waals surface area contributed by atoms with E-state index in [9.17, 15) is 14.4 Å². The van der Waals surface area contributed by atoms with E-state index >= 15 is 0 Å². The molecule has 0 radical (unpaired) electrons. The number of fused-ring (bicyclic) bond motifs is 1. The molecule has 6 nitrogen and oxygen atoms in total. The average Bonchev–Trinajstić information content (AvgIpc) is 3.15. The van der Waals surface area contributed by atoms with Crippen molar-refractivity contribution in [1.29, 1.82) is 0 Å². The largest absolute Gasteiger partial charge is 0.366 e. The van der Waals surface area contributed by atoms with E-state index in [1.54, 1.807) is 24.3 Å². The molecule has 122 valence electrons. The Kier molecular flexibility index (Phi) is 3.25. The molecule has 2 aliphatic rings. The summed E-state index contributed by atoms with van der Waals surface area (Å²) < 4.78 is 0. The lowest BCUT2D eigenvalue weighted by Gasteiger charge is -2.07. The fraction of sp³-hybridized carbons (Fsp3) is 0. The third-order valence-corrected chi connectivity index (χ3v) is 4.20. The molecule has 2 aliphatic heterocycles. The molecule has 2 aromatic rings. The molecule has 0 bridgehead atoms. The Morgan fingerprint density at radius 3 is 1.68 bits per heavy atom. The summed E-state index contributed by atoms with van der Waals surface area (Å²) in [4.78, 5) is 36.1. The van der Waals surface area contributed by atoms with E-state index in [1.807, 2.05) is 30.3 Å². The first kappa shape index (κ1) is 14.9. The number of primary amides is 1. The van der Waals surface area contributed by atoms with E-state index in [-0.39, 0.29) is 11.8 Å². The topological polar surface area (TPSA) is 101 Å². The Morgan fingerprint density at radius 2 is 1.20 bits per heavy atom. The van der Waals surface area contributed by atoms with Crippen molar-refractivity contribution in [2.45, 2.75) is 0 Å². The van der Waals surface area contributed by atoms with E-state index in [4.69, 9.17) is 5.73 Å². The first-order valence-electron chi connectivity index (χ1n) is 7.63. The Balaban J connectivity index is 1.85. The maximum absolute atomic E-state index is 12.5. The average molecular weight is 331 g/mol. The zero-order valence-electron chi connectivity index (χ0n) is 13.0. The van der Waals surface area contributed by atoms with E-state index < -0.39 is 5.91 Å². The Bertz CT molecular complexity index is 986. The second-order valence-corrected chi connectivity index (χ2v) is 5.72. The first-order valence-corrected chi connectivity index (χ1v) is 7.63. The smallest absolute Gasteiger partial charge is 0.258 e. The van der Waals surface area contributed by atoms with Crippen LogP contribution in [0.3, 0.4) is 0 Å². The van der Waals surface area contributed by atoms with Gasteiger partial charge in [-0.1, -0.05) is 42.5 Å². The highest BCUT2D eigenvalue weighted by molar-refractivity contribution is 6.30. The molecule has 6 heteroatoms. The summed E-state index contributed by atoms with van der Waals surface area (Å²) in [6.07, 6.45) is 0. The lowest BCUT2D eigenvalue weighted by molar-refractivity contribution is -0.117. The highest BCUT2D eigenvalue weighted by Crippen LogP contribution is 2.37. The summed E-state index contributed by atoms with van der Waals surface area (Å²) in [5.41, 5.74) is 8.58. The molecule has 25 heavy (non-hydrogen) atoms. The molecule has 0 fully saturated rings. The van der Waals surface area contributed by atoms with Gasteiger partial charge in [0.15, 0.2) is 0 Å². The highest BCUT2D eigenvalue weighted by Gasteiger charge is 2.40. The van der Waals surface area contributed by atoms with Crippen LogP contribution in [0, 0.1) is 0 Å². The molecule has 0 saturated carbocycles. The monoisotopic (exact) mass is 331 g/mol. The lowest BCUT2D eigenvalue weighted by atomic mass is 10.0. The number of benzene rings is 2. The molecule has 0 spiro atoms. The molecular weight excluding hydrogens is 318 g/mol. The highest BCUT2D eigenvalue weighted by atomic mass is 16.2. The Morgan fingerprint density at radius 1 is 0.720 bits per heavy atom. The number of hydrogen-bond acceptors (Lipinski definition) is 3. The number of hydrogen-bond donors (Lipinski definition) is 3. The van der Waals surface area contributed by atoms with Crippen molar-refractivity contribution in [2.24, 2.45) is 5.73 Å². The van der Waals surface area contributed by atoms with Gasteiger partial charge in [0.2, 0.25) is 5.91 Å². The molecule has 2 aromatic carbocycles. The van der Waals surface area contributed by atoms with E-state index in [2.05, 4.69) is 10.6 Å². The molecule has 0 aromatic heterocycles. The quantitative estimate of drug-likeness (QED) is 0.787. The van der Waals surface area contributed by atoms with Crippen LogP contribution in [0.4, 0.5) is 0 Å². The summed E-state index contributed by atoms with van der Waals surface area (Å²) in [6.45, 7) is 0. The van der Waals surface area contributed by atoms with Gasteiger partial charge in [-0.25, -0.2) is 0 Å². The van der Waals surface area contributed by atoms with E-state index in [1.165, 1.54) is 0 Å². The van der Waals surface area contributed by atoms with Gasteiger partial charge in [0, 0.05) is 5.56 Å². The number of nitrogens with two attached hydrogens (primary N) is 1. The fourth-order valence-electron chi connectivity index (χ4n) is 3.02. The van der Waals surface area contributed by atoms with Crippen molar-refractivity contribution in [2.75, 3.05) is 0 Å². The third-order valence-electron chi connectivity index (χ3n) is 4.20. The SMILES string of the molecule is NC(=O)c1ccc(C2=C3C(=O)NC(c4ccccc4)=C3C(=O)N2)cc1. The van der Waals surface area contributed by atoms with Crippen LogP contribution in [0.5, 0.6) is 0 Å². The van der Waals surface area contributed by atoms with Crippen molar-refractivity contribution in [3.05, 3.63) is 82.4 Å². The standard InChI is InChI=1S/C19H13N3O3/c20-17(23)12-8-6-11(7-9-12)16-14-13(18(24)22-16)15(21-19(14)25)10-4-2-1-3-5-10/h1-9H,(H2,20,23)(H,21,25)(H,22,24). The van der Waals surface area contributed by atoms with Crippen molar-refractivity contribution in [1.82, 2.24) is 10.6 Å². The molecule has 0 saturated heterocycles. The maximum atomic E-state index is 12.5. The van der Waals surface area contributed by atoms with Gasteiger partial charge in [-0.15, -0.1) is 0 Å². The van der Waals surface area contributed by atoms with Crippen LogP contribution in [0.15, 0.2) is 65.7 Å². The van der Waals surface area contributed by atoms with Gasteiger partial charge < -0.3 is 16.4 Å². The van der Waals surface area contributed by atoms with Gasteiger partial charge in [0.1, 0.15) is 0 Å². The second kappa shape index (κ2) is 5.45. The molecule has 0 unspecified atom stereocenters. The number of rotatable bonds is 3. The molecule has 4 rings (SSSR count). The lowest BCUT2D eigenvalue weighted by Crippen LogP contribution is -2.21. The van der Waals surface area contributed by atoms with E-state index in [0.29, 0.717) is 33.7 Å². The van der Waals surface area contributed by atoms with Gasteiger partial charge in [-0.05, 0) is 23.3 Å². The summed E-state index contributed by atoms with van der Waals surface area (Å²) >= 11 is 0. The van der Waals surface area contributed by atoms with Gasteiger partial charge in [0.25, 0.3) is 11.8 Å². The van der Waals surface area contributed by atoms with Crippen molar-refractivity contribution < 1.29 is 14.4 Å². The summed E-state index contributed by atoms with van der Waals surface area (Å²) in [5, 5.41) is 5.54. The molecule has 0 atom stereocenters. The third kappa shape index (κ3) is 2.31. The number of carbonyl (C=O) groups excluding carboxylic acids is 3. The van der Waals surface area contributed by atoms with Gasteiger partial charge in [0.05, 0.1) is 22.5 Å². The zero-order valence-corrected chi connectivity index (χ0v) is 13.0. The predicted octanol–water partition coefficient (Wildman–Crippen LogP) is 1.17. The minimum absolute atomic E-state index is 0.315. The number of amides is 3. The molecular formula is C19H13N3O3. The molecule has 2 heterocycles. The van der Waals surface area contributed by atoms with Crippen molar-refractivity contribution in [3.8, 4) is 0 Å². The van der Waals surface area contributed by atoms with Crippen LogP contribution < -0.4 is 16.4 Å². The second-order valence-electron chi connectivity index (χ2n) is 5.72. The minimum atomic E-state index is -0.537. The number of carbonyl (C=O) groups is 3. The predicted molar refractivity (Wildman–Crippen MR) is 91.5 cm³/mol. The summed E-state index contributed by atoms with van der Waals surface area (Å²) in [6, 6.07) is 15.6. The van der Waals surface area contributed by atoms with Crippen LogP contribution in [0.2, 0.25) is 0 Å². The molecule has 4 N–H and O–H groups in total. The molecule has 0 aliphatic carbocycles. The zero-order chi connectivity index (χ0) is 17.6. The van der Waals surface area contributed by atoms with Crippen molar-refractivity contribution in [3.63, 3.8) is 0 Å². The Hall–Kier alpha value is -3.67. The van der Waals surface area contributed by atoms with Gasteiger partial charge in [-0.3, -0.25) is 14.4 Å². The van der Waals surface area contributed by atoms with Crippen LogP contribution in [-0.4, -0.2) is 17.7 Å². The first-order chi connectivity index (χ1) is 12.1. The minimum Gasteiger partial charge on any atom is -0.366 e. The van der Waals surface area contributed by atoms with Gasteiger partial charge in [-0.2, -0.15) is 0 Å². The van der Waals surface area contributed by atoms with Crippen LogP contribution in [0.25, 0.3) is 11.4 Å². The molecule has 3 amide bonds. The van der Waals surface area contributed by atoms with Crippen molar-refractivity contribution >= 4 is 29.1 Å².